The van der Waals surface area contributed by atoms with E-state index in [0.717, 1.165) is 11.1 Å². The average molecular weight is 310 g/mol. The average Bonchev–Trinajstić information content (AvgIpc) is 2.73. The van der Waals surface area contributed by atoms with E-state index < -0.39 is 17.9 Å². The van der Waals surface area contributed by atoms with Crippen LogP contribution in [0.15, 0.2) is 36.4 Å². The van der Waals surface area contributed by atoms with Crippen LogP contribution in [0.2, 0.25) is 0 Å². The highest BCUT2D eigenvalue weighted by Gasteiger charge is 2.29. The van der Waals surface area contributed by atoms with E-state index in [1.54, 1.807) is 30.3 Å². The third kappa shape index (κ3) is 2.20. The van der Waals surface area contributed by atoms with E-state index in [2.05, 4.69) is 4.74 Å². The molecule has 0 aromatic heterocycles. The van der Waals surface area contributed by atoms with Crippen molar-refractivity contribution < 1.29 is 28.6 Å². The smallest absolute Gasteiger partial charge is 0.346 e. The maximum atomic E-state index is 12.0. The minimum Gasteiger partial charge on any atom is -0.435 e. The van der Waals surface area contributed by atoms with Crippen LogP contribution in [0, 0.1) is 0 Å². The van der Waals surface area contributed by atoms with Crippen LogP contribution in [0.5, 0.6) is 0 Å². The topological polar surface area (TPSA) is 78.9 Å². The summed E-state index contributed by atoms with van der Waals surface area (Å²) in [5.74, 6) is -1.75. The minimum atomic E-state index is -0.658. The molecule has 114 valence electrons. The molecule has 2 aliphatic rings. The summed E-state index contributed by atoms with van der Waals surface area (Å²) in [6, 6.07) is 10.1. The molecule has 0 bridgehead atoms. The number of rotatable bonds is 1. The van der Waals surface area contributed by atoms with E-state index >= 15 is 0 Å². The van der Waals surface area contributed by atoms with Crippen LogP contribution in [0.4, 0.5) is 0 Å². The Kier molecular flexibility index (Phi) is 2.99. The van der Waals surface area contributed by atoms with E-state index in [0.29, 0.717) is 17.7 Å². The van der Waals surface area contributed by atoms with Crippen LogP contribution in [0.25, 0.3) is 11.1 Å². The van der Waals surface area contributed by atoms with Crippen LogP contribution < -0.4 is 0 Å². The molecule has 0 N–H and O–H groups in total. The summed E-state index contributed by atoms with van der Waals surface area (Å²) in [5, 5.41) is 0. The molecule has 0 saturated carbocycles. The molecular weight excluding hydrogens is 300 g/mol. The van der Waals surface area contributed by atoms with Gasteiger partial charge in [-0.2, -0.15) is 0 Å². The molecule has 2 heterocycles. The van der Waals surface area contributed by atoms with Gasteiger partial charge >= 0.3 is 17.9 Å². The van der Waals surface area contributed by atoms with Gasteiger partial charge in [0.15, 0.2) is 6.79 Å². The zero-order valence-corrected chi connectivity index (χ0v) is 11.8. The van der Waals surface area contributed by atoms with Gasteiger partial charge in [0, 0.05) is 0 Å². The SMILES string of the molecule is O=C1OCOCc2ccc(-c3ccc4c(c3)C(=O)OC4=O)cc21. The zero-order chi connectivity index (χ0) is 16.0. The van der Waals surface area contributed by atoms with Gasteiger partial charge in [-0.15, -0.1) is 0 Å². The third-order valence-electron chi connectivity index (χ3n) is 3.84. The maximum Gasteiger partial charge on any atom is 0.346 e. The highest BCUT2D eigenvalue weighted by atomic mass is 16.7. The molecule has 23 heavy (non-hydrogen) atoms. The number of fused-ring (bicyclic) bond motifs is 2. The molecule has 0 atom stereocenters. The molecule has 6 nitrogen and oxygen atoms in total. The number of cyclic esters (lactones) is 3. The van der Waals surface area contributed by atoms with E-state index in [4.69, 9.17) is 9.47 Å². The van der Waals surface area contributed by atoms with E-state index in [-0.39, 0.29) is 17.9 Å². The molecule has 0 saturated heterocycles. The van der Waals surface area contributed by atoms with Gasteiger partial charge in [-0.05, 0) is 34.9 Å². The Balaban J connectivity index is 1.80. The summed E-state index contributed by atoms with van der Waals surface area (Å²) in [6.45, 7) is 0.224. The Morgan fingerprint density at radius 2 is 1.43 bits per heavy atom. The van der Waals surface area contributed by atoms with Crippen molar-refractivity contribution >= 4 is 17.9 Å². The number of benzene rings is 2. The fourth-order valence-electron chi connectivity index (χ4n) is 2.66. The number of hydrogen-bond acceptors (Lipinski definition) is 6. The fraction of sp³-hybridized carbons (Fsp3) is 0.118. The molecule has 0 amide bonds. The number of esters is 3. The number of carbonyl (C=O) groups is 3. The van der Waals surface area contributed by atoms with Crippen LogP contribution in [0.3, 0.4) is 0 Å². The van der Waals surface area contributed by atoms with Crippen molar-refractivity contribution in [1.29, 1.82) is 0 Å². The van der Waals surface area contributed by atoms with Crippen molar-refractivity contribution in [2.24, 2.45) is 0 Å². The molecule has 0 unspecified atom stereocenters. The number of hydrogen-bond donors (Lipinski definition) is 0. The summed E-state index contributed by atoms with van der Waals surface area (Å²) in [4.78, 5) is 35.1. The van der Waals surface area contributed by atoms with E-state index in [1.807, 2.05) is 6.07 Å². The van der Waals surface area contributed by atoms with E-state index in [9.17, 15) is 14.4 Å². The molecule has 4 rings (SSSR count). The number of carbonyl (C=O) groups excluding carboxylic acids is 3. The van der Waals surface area contributed by atoms with Crippen LogP contribution >= 0.6 is 0 Å². The highest BCUT2D eigenvalue weighted by Crippen LogP contribution is 2.29. The van der Waals surface area contributed by atoms with Crippen molar-refractivity contribution in [3.05, 3.63) is 58.7 Å². The lowest BCUT2D eigenvalue weighted by molar-refractivity contribution is -0.0313. The van der Waals surface area contributed by atoms with Gasteiger partial charge in [0.25, 0.3) is 0 Å². The minimum absolute atomic E-state index is 0.0738. The monoisotopic (exact) mass is 310 g/mol. The normalized spacial score (nSPS) is 16.3. The predicted octanol–water partition coefficient (Wildman–Crippen LogP) is 2.31. The standard InChI is InChI=1S/C17H10O6/c18-15-13-5-9(1-2-11(13)7-21-8-22-15)10-3-4-12-14(6-10)17(20)23-16(12)19/h1-6H,7-8H2. The Labute approximate surface area is 130 Å². The summed E-state index contributed by atoms with van der Waals surface area (Å²) in [7, 11) is 0. The molecule has 2 aromatic carbocycles. The quantitative estimate of drug-likeness (QED) is 0.594. The van der Waals surface area contributed by atoms with Crippen LogP contribution in [0.1, 0.15) is 36.6 Å². The van der Waals surface area contributed by atoms with Gasteiger partial charge < -0.3 is 14.2 Å². The Morgan fingerprint density at radius 3 is 2.26 bits per heavy atom. The number of ether oxygens (including phenoxy) is 3. The molecule has 2 aromatic rings. The zero-order valence-electron chi connectivity index (χ0n) is 11.8. The highest BCUT2D eigenvalue weighted by molar-refractivity contribution is 6.15. The van der Waals surface area contributed by atoms with Gasteiger partial charge in [-0.25, -0.2) is 14.4 Å². The largest absolute Gasteiger partial charge is 0.435 e. The van der Waals surface area contributed by atoms with Crippen LogP contribution in [-0.4, -0.2) is 24.7 Å². The molecule has 2 aliphatic heterocycles. The first kappa shape index (κ1) is 13.7. The van der Waals surface area contributed by atoms with Crippen molar-refractivity contribution in [3.63, 3.8) is 0 Å². The summed E-state index contributed by atoms with van der Waals surface area (Å²) < 4.78 is 14.7. The van der Waals surface area contributed by atoms with Crippen molar-refractivity contribution in [1.82, 2.24) is 0 Å². The molecule has 0 aliphatic carbocycles. The second kappa shape index (κ2) is 5.03. The first-order chi connectivity index (χ1) is 11.1. The second-order valence-electron chi connectivity index (χ2n) is 5.21. The van der Waals surface area contributed by atoms with Gasteiger partial charge in [0.1, 0.15) is 0 Å². The first-order valence-electron chi connectivity index (χ1n) is 6.92. The Morgan fingerprint density at radius 1 is 0.739 bits per heavy atom. The van der Waals surface area contributed by atoms with Gasteiger partial charge in [-0.3, -0.25) is 0 Å². The van der Waals surface area contributed by atoms with E-state index in [1.165, 1.54) is 0 Å². The summed E-state index contributed by atoms with van der Waals surface area (Å²) >= 11 is 0. The molecule has 0 fully saturated rings. The second-order valence-corrected chi connectivity index (χ2v) is 5.21. The lowest BCUT2D eigenvalue weighted by atomic mass is 9.96. The van der Waals surface area contributed by atoms with Gasteiger partial charge in [0.05, 0.1) is 23.3 Å². The van der Waals surface area contributed by atoms with Crippen molar-refractivity contribution in [2.45, 2.75) is 6.61 Å². The lowest BCUT2D eigenvalue weighted by Crippen LogP contribution is -2.05. The fourth-order valence-corrected chi connectivity index (χ4v) is 2.66. The molecule has 0 spiro atoms. The van der Waals surface area contributed by atoms with Crippen LogP contribution in [-0.2, 0) is 20.8 Å². The van der Waals surface area contributed by atoms with Gasteiger partial charge in [-0.1, -0.05) is 18.2 Å². The maximum absolute atomic E-state index is 12.0. The first-order valence-corrected chi connectivity index (χ1v) is 6.92. The molecular formula is C17H10O6. The van der Waals surface area contributed by atoms with Crippen molar-refractivity contribution in [3.8, 4) is 11.1 Å². The molecule has 6 heteroatoms. The Bertz CT molecular complexity index is 867. The summed E-state index contributed by atoms with van der Waals surface area (Å²) in [6.07, 6.45) is 0. The van der Waals surface area contributed by atoms with Gasteiger partial charge in [0.2, 0.25) is 0 Å². The van der Waals surface area contributed by atoms with Crippen molar-refractivity contribution in [2.75, 3.05) is 6.79 Å². The third-order valence-corrected chi connectivity index (χ3v) is 3.84. The summed E-state index contributed by atoms with van der Waals surface area (Å²) in [5.41, 5.74) is 3.09. The lowest BCUT2D eigenvalue weighted by Gasteiger charge is -2.07. The molecule has 0 radical (unpaired) electrons. The Hall–Kier alpha value is -2.99. The predicted molar refractivity (Wildman–Crippen MR) is 76.7 cm³/mol.